The molecule has 0 fully saturated rings. The van der Waals surface area contributed by atoms with Crippen LogP contribution in [-0.2, 0) is 4.74 Å². The highest BCUT2D eigenvalue weighted by molar-refractivity contribution is 4.50. The lowest BCUT2D eigenvalue weighted by molar-refractivity contribution is 0.125. The molecule has 4 N–H and O–H groups in total. The number of unbranched alkanes of at least 4 members (excludes halogenated alkanes) is 20. The molecular weight excluding hydrogens is 356 g/mol. The maximum Gasteiger partial charge on any atom is 0.0466 e. The lowest BCUT2D eigenvalue weighted by atomic mass is 10.1. The average molecular weight is 413 g/mol. The van der Waals surface area contributed by atoms with Crippen LogP contribution in [0.15, 0.2) is 0 Å². The molecule has 0 aliphatic heterocycles. The summed E-state index contributed by atoms with van der Waals surface area (Å²) in [6.45, 7) is 3.68. The standard InChI is InChI=1S/C26H56N2O/c27-23-19-15-11-7-3-1-5-9-13-17-21-25-29-26-22-18-14-10-6-2-4-8-12-16-20-24-28/h1-28H2. The molecular formula is C26H56N2O. The highest BCUT2D eigenvalue weighted by Gasteiger charge is 1.96. The number of hydrogen-bond acceptors (Lipinski definition) is 3. The first-order valence-corrected chi connectivity index (χ1v) is 13.4. The molecule has 0 amide bonds. The van der Waals surface area contributed by atoms with Gasteiger partial charge >= 0.3 is 0 Å². The molecule has 0 radical (unpaired) electrons. The summed E-state index contributed by atoms with van der Waals surface area (Å²) >= 11 is 0. The van der Waals surface area contributed by atoms with E-state index in [-0.39, 0.29) is 0 Å². The van der Waals surface area contributed by atoms with Crippen molar-refractivity contribution in [3.63, 3.8) is 0 Å². The van der Waals surface area contributed by atoms with Crippen LogP contribution in [0.25, 0.3) is 0 Å². The molecule has 3 heteroatoms. The zero-order valence-corrected chi connectivity index (χ0v) is 19.9. The van der Waals surface area contributed by atoms with Crippen molar-refractivity contribution in [2.75, 3.05) is 26.3 Å². The van der Waals surface area contributed by atoms with E-state index in [1.54, 1.807) is 0 Å². The molecule has 0 saturated heterocycles. The van der Waals surface area contributed by atoms with E-state index in [4.69, 9.17) is 16.2 Å². The summed E-state index contributed by atoms with van der Waals surface area (Å²) in [4.78, 5) is 0. The normalized spacial score (nSPS) is 11.4. The van der Waals surface area contributed by atoms with Crippen LogP contribution in [0.5, 0.6) is 0 Å². The largest absolute Gasteiger partial charge is 0.381 e. The molecule has 0 aromatic heterocycles. The third kappa shape index (κ3) is 27.9. The van der Waals surface area contributed by atoms with Gasteiger partial charge in [-0.25, -0.2) is 0 Å². The second-order valence-electron chi connectivity index (χ2n) is 8.97. The van der Waals surface area contributed by atoms with Crippen molar-refractivity contribution in [1.82, 2.24) is 0 Å². The van der Waals surface area contributed by atoms with Crippen molar-refractivity contribution in [3.8, 4) is 0 Å². The monoisotopic (exact) mass is 412 g/mol. The third-order valence-corrected chi connectivity index (χ3v) is 5.99. The fourth-order valence-corrected chi connectivity index (χ4v) is 3.98. The van der Waals surface area contributed by atoms with E-state index in [1.807, 2.05) is 0 Å². The van der Waals surface area contributed by atoms with Crippen LogP contribution in [0, 0.1) is 0 Å². The third-order valence-electron chi connectivity index (χ3n) is 5.99. The van der Waals surface area contributed by atoms with Gasteiger partial charge in [0.25, 0.3) is 0 Å². The number of rotatable bonds is 26. The predicted molar refractivity (Wildman–Crippen MR) is 131 cm³/mol. The Bertz CT molecular complexity index is 247. The van der Waals surface area contributed by atoms with Gasteiger partial charge < -0.3 is 16.2 Å². The Balaban J connectivity index is 2.97. The molecule has 0 aliphatic carbocycles. The molecule has 176 valence electrons. The van der Waals surface area contributed by atoms with E-state index in [0.717, 1.165) is 26.3 Å². The smallest absolute Gasteiger partial charge is 0.0466 e. The molecule has 0 unspecified atom stereocenters. The molecule has 0 aliphatic rings. The van der Waals surface area contributed by atoms with Gasteiger partial charge in [-0.1, -0.05) is 116 Å². The van der Waals surface area contributed by atoms with Crippen molar-refractivity contribution < 1.29 is 4.74 Å². The van der Waals surface area contributed by atoms with Gasteiger partial charge in [0.15, 0.2) is 0 Å². The molecule has 0 aromatic carbocycles. The lowest BCUT2D eigenvalue weighted by Crippen LogP contribution is -1.97. The van der Waals surface area contributed by atoms with Gasteiger partial charge in [0, 0.05) is 13.2 Å². The highest BCUT2D eigenvalue weighted by atomic mass is 16.5. The first-order valence-electron chi connectivity index (χ1n) is 13.4. The van der Waals surface area contributed by atoms with Crippen LogP contribution in [0.2, 0.25) is 0 Å². The van der Waals surface area contributed by atoms with E-state index >= 15 is 0 Å². The summed E-state index contributed by atoms with van der Waals surface area (Å²) in [5, 5.41) is 0. The Hall–Kier alpha value is -0.120. The molecule has 0 spiro atoms. The molecule has 0 aromatic rings. The maximum atomic E-state index is 5.80. The molecule has 0 rings (SSSR count). The van der Waals surface area contributed by atoms with E-state index < -0.39 is 0 Å². The minimum atomic E-state index is 0.862. The van der Waals surface area contributed by atoms with Crippen molar-refractivity contribution in [2.24, 2.45) is 11.5 Å². The minimum absolute atomic E-state index is 0.862. The van der Waals surface area contributed by atoms with Crippen molar-refractivity contribution in [1.29, 1.82) is 0 Å². The van der Waals surface area contributed by atoms with E-state index in [9.17, 15) is 0 Å². The van der Waals surface area contributed by atoms with Gasteiger partial charge in [0.05, 0.1) is 0 Å². The molecule has 0 heterocycles. The highest BCUT2D eigenvalue weighted by Crippen LogP contribution is 2.12. The second-order valence-corrected chi connectivity index (χ2v) is 8.97. The van der Waals surface area contributed by atoms with Crippen LogP contribution in [0.1, 0.15) is 141 Å². The van der Waals surface area contributed by atoms with Gasteiger partial charge in [-0.15, -0.1) is 0 Å². The summed E-state index contributed by atoms with van der Waals surface area (Å²) in [5.41, 5.74) is 11.0. The number of nitrogens with two attached hydrogens (primary N) is 2. The van der Waals surface area contributed by atoms with E-state index in [2.05, 4.69) is 0 Å². The molecule has 29 heavy (non-hydrogen) atoms. The maximum absolute atomic E-state index is 5.80. The Morgan fingerprint density at radius 1 is 0.276 bits per heavy atom. The Labute approximate surface area is 184 Å². The Kier molecular flexibility index (Phi) is 27.8. The Morgan fingerprint density at radius 2 is 0.483 bits per heavy atom. The number of hydrogen-bond donors (Lipinski definition) is 2. The fourth-order valence-electron chi connectivity index (χ4n) is 3.98. The fraction of sp³-hybridized carbons (Fsp3) is 1.00. The zero-order valence-electron chi connectivity index (χ0n) is 19.9. The first kappa shape index (κ1) is 28.9. The lowest BCUT2D eigenvalue weighted by Gasteiger charge is -2.05. The van der Waals surface area contributed by atoms with E-state index in [1.165, 1.54) is 141 Å². The zero-order chi connectivity index (χ0) is 21.1. The summed E-state index contributed by atoms with van der Waals surface area (Å²) in [5.74, 6) is 0. The number of ether oxygens (including phenoxy) is 1. The van der Waals surface area contributed by atoms with Crippen LogP contribution in [0.4, 0.5) is 0 Å². The Morgan fingerprint density at radius 3 is 0.724 bits per heavy atom. The van der Waals surface area contributed by atoms with Crippen LogP contribution in [-0.4, -0.2) is 26.3 Å². The SMILES string of the molecule is NCCCCCCCCCCCCCOCCCCCCCCCCCCCN. The van der Waals surface area contributed by atoms with Crippen molar-refractivity contribution in [2.45, 2.75) is 141 Å². The topological polar surface area (TPSA) is 61.3 Å². The predicted octanol–water partition coefficient (Wildman–Crippen LogP) is 7.50. The quantitative estimate of drug-likeness (QED) is 0.145. The van der Waals surface area contributed by atoms with E-state index in [0.29, 0.717) is 0 Å². The first-order chi connectivity index (χ1) is 14.4. The summed E-state index contributed by atoms with van der Waals surface area (Å²) < 4.78 is 5.80. The van der Waals surface area contributed by atoms with Gasteiger partial charge in [-0.2, -0.15) is 0 Å². The average Bonchev–Trinajstić information content (AvgIpc) is 2.74. The van der Waals surface area contributed by atoms with Gasteiger partial charge in [-0.05, 0) is 38.8 Å². The second kappa shape index (κ2) is 27.9. The van der Waals surface area contributed by atoms with Crippen LogP contribution >= 0.6 is 0 Å². The summed E-state index contributed by atoms with van der Waals surface area (Å²) in [6.07, 6.45) is 30.0. The van der Waals surface area contributed by atoms with Crippen LogP contribution in [0.3, 0.4) is 0 Å². The minimum Gasteiger partial charge on any atom is -0.381 e. The summed E-state index contributed by atoms with van der Waals surface area (Å²) in [6, 6.07) is 0. The van der Waals surface area contributed by atoms with Gasteiger partial charge in [0.1, 0.15) is 0 Å². The van der Waals surface area contributed by atoms with Gasteiger partial charge in [-0.3, -0.25) is 0 Å². The molecule has 0 bridgehead atoms. The molecule has 0 atom stereocenters. The summed E-state index contributed by atoms with van der Waals surface area (Å²) in [7, 11) is 0. The molecule has 0 saturated carbocycles. The van der Waals surface area contributed by atoms with Crippen molar-refractivity contribution >= 4 is 0 Å². The van der Waals surface area contributed by atoms with Crippen LogP contribution < -0.4 is 11.5 Å². The van der Waals surface area contributed by atoms with Gasteiger partial charge in [0.2, 0.25) is 0 Å². The molecule has 3 nitrogen and oxygen atoms in total. The van der Waals surface area contributed by atoms with Crippen molar-refractivity contribution in [3.05, 3.63) is 0 Å².